The van der Waals surface area contributed by atoms with Crippen molar-refractivity contribution in [1.29, 1.82) is 0 Å². The minimum Gasteiger partial charge on any atom is -0.300 e. The van der Waals surface area contributed by atoms with Crippen molar-refractivity contribution in [3.63, 3.8) is 0 Å². The van der Waals surface area contributed by atoms with Crippen LogP contribution >= 0.6 is 12.1 Å². The van der Waals surface area contributed by atoms with Crippen molar-refractivity contribution < 1.29 is 4.39 Å². The topological polar surface area (TPSA) is 6.48 Å². The standard InChI is InChI=1S/C17H17FN2S/c1-19-17-10-13(14-4-2-3-5-15(14)18)8-9-16(17)20(21-19)11-12-6-7-12/h2-5,8-10,12H,6-7,11H2,1H3. The number of hydrogen-bond acceptors (Lipinski definition) is 3. The van der Waals surface area contributed by atoms with Crippen molar-refractivity contribution in [2.75, 3.05) is 22.2 Å². The molecule has 0 radical (unpaired) electrons. The van der Waals surface area contributed by atoms with E-state index < -0.39 is 0 Å². The van der Waals surface area contributed by atoms with Gasteiger partial charge in [-0.1, -0.05) is 24.3 Å². The molecule has 1 aliphatic heterocycles. The van der Waals surface area contributed by atoms with E-state index in [2.05, 4.69) is 27.8 Å². The van der Waals surface area contributed by atoms with Crippen LogP contribution in [0.25, 0.3) is 11.1 Å². The predicted octanol–water partition coefficient (Wildman–Crippen LogP) is 4.72. The second-order valence-corrected chi connectivity index (χ2v) is 6.92. The van der Waals surface area contributed by atoms with E-state index in [4.69, 9.17) is 0 Å². The highest BCUT2D eigenvalue weighted by molar-refractivity contribution is 8.02. The molecule has 0 unspecified atom stereocenters. The predicted molar refractivity (Wildman–Crippen MR) is 87.9 cm³/mol. The molecule has 0 saturated heterocycles. The van der Waals surface area contributed by atoms with Crippen LogP contribution in [0.15, 0.2) is 42.5 Å². The third-order valence-corrected chi connectivity index (χ3v) is 5.09. The molecule has 0 amide bonds. The lowest BCUT2D eigenvalue weighted by atomic mass is 10.0. The fourth-order valence-corrected chi connectivity index (χ4v) is 3.80. The van der Waals surface area contributed by atoms with E-state index in [0.717, 1.165) is 18.0 Å². The van der Waals surface area contributed by atoms with Gasteiger partial charge in [-0.2, -0.15) is 0 Å². The molecule has 4 rings (SSSR count). The maximum absolute atomic E-state index is 14.0. The van der Waals surface area contributed by atoms with E-state index in [1.54, 1.807) is 18.2 Å². The van der Waals surface area contributed by atoms with Gasteiger partial charge in [0, 0.05) is 19.2 Å². The zero-order valence-corrected chi connectivity index (χ0v) is 12.7. The molecule has 1 fully saturated rings. The van der Waals surface area contributed by atoms with Gasteiger partial charge in [-0.3, -0.25) is 8.61 Å². The summed E-state index contributed by atoms with van der Waals surface area (Å²) in [5, 5.41) is 0. The summed E-state index contributed by atoms with van der Waals surface area (Å²) in [6.45, 7) is 1.11. The van der Waals surface area contributed by atoms with Gasteiger partial charge in [-0.05, 0) is 42.5 Å². The molecule has 1 heterocycles. The van der Waals surface area contributed by atoms with E-state index in [0.29, 0.717) is 5.56 Å². The van der Waals surface area contributed by atoms with E-state index in [9.17, 15) is 4.39 Å². The van der Waals surface area contributed by atoms with Crippen LogP contribution in [0.2, 0.25) is 0 Å². The maximum atomic E-state index is 14.0. The summed E-state index contributed by atoms with van der Waals surface area (Å²) in [6.07, 6.45) is 2.70. The first-order valence-corrected chi connectivity index (χ1v) is 8.04. The Bertz CT molecular complexity index is 684. The fraction of sp³-hybridized carbons (Fsp3) is 0.294. The first-order valence-electron chi connectivity index (χ1n) is 7.30. The highest BCUT2D eigenvalue weighted by Gasteiger charge is 2.31. The Balaban J connectivity index is 1.71. The number of halogens is 1. The highest BCUT2D eigenvalue weighted by atomic mass is 32.2. The van der Waals surface area contributed by atoms with Crippen molar-refractivity contribution in [1.82, 2.24) is 0 Å². The Morgan fingerprint density at radius 1 is 1.14 bits per heavy atom. The number of nitrogens with zero attached hydrogens (tertiary/aromatic N) is 2. The summed E-state index contributed by atoms with van der Waals surface area (Å²) in [7, 11) is 2.07. The molecule has 0 N–H and O–H groups in total. The monoisotopic (exact) mass is 300 g/mol. The van der Waals surface area contributed by atoms with Crippen LogP contribution in [-0.4, -0.2) is 13.6 Å². The molecular formula is C17H17FN2S. The van der Waals surface area contributed by atoms with Crippen molar-refractivity contribution in [3.05, 3.63) is 48.3 Å². The normalized spacial score (nSPS) is 17.2. The van der Waals surface area contributed by atoms with Crippen LogP contribution in [0.3, 0.4) is 0 Å². The summed E-state index contributed by atoms with van der Waals surface area (Å²) in [6, 6.07) is 13.2. The summed E-state index contributed by atoms with van der Waals surface area (Å²) in [4.78, 5) is 0. The molecule has 2 aromatic carbocycles. The summed E-state index contributed by atoms with van der Waals surface area (Å²) >= 11 is 1.74. The Morgan fingerprint density at radius 3 is 2.71 bits per heavy atom. The lowest BCUT2D eigenvalue weighted by molar-refractivity contribution is 0.631. The molecule has 4 heteroatoms. The van der Waals surface area contributed by atoms with E-state index in [1.807, 2.05) is 18.2 Å². The third kappa shape index (κ3) is 2.38. The zero-order valence-electron chi connectivity index (χ0n) is 11.9. The minimum atomic E-state index is -0.166. The lowest BCUT2D eigenvalue weighted by Crippen LogP contribution is -2.16. The molecule has 1 aliphatic carbocycles. The molecule has 0 aromatic heterocycles. The Hall–Kier alpha value is -1.68. The van der Waals surface area contributed by atoms with Crippen molar-refractivity contribution >= 4 is 23.5 Å². The van der Waals surface area contributed by atoms with Crippen LogP contribution < -0.4 is 8.61 Å². The zero-order chi connectivity index (χ0) is 14.4. The second kappa shape index (κ2) is 4.95. The molecule has 0 bridgehead atoms. The van der Waals surface area contributed by atoms with Crippen molar-refractivity contribution in [3.8, 4) is 11.1 Å². The molecule has 1 saturated carbocycles. The molecule has 21 heavy (non-hydrogen) atoms. The van der Waals surface area contributed by atoms with Gasteiger partial charge in [-0.25, -0.2) is 4.39 Å². The minimum absolute atomic E-state index is 0.166. The van der Waals surface area contributed by atoms with E-state index in [1.165, 1.54) is 30.3 Å². The van der Waals surface area contributed by atoms with Gasteiger partial charge in [0.15, 0.2) is 0 Å². The van der Waals surface area contributed by atoms with Gasteiger partial charge < -0.3 is 0 Å². The molecule has 2 aliphatic rings. The molecule has 108 valence electrons. The van der Waals surface area contributed by atoms with Gasteiger partial charge in [-0.15, -0.1) is 0 Å². The molecule has 2 aromatic rings. The smallest absolute Gasteiger partial charge is 0.131 e. The second-order valence-electron chi connectivity index (χ2n) is 5.77. The molecular weight excluding hydrogens is 283 g/mol. The number of fused-ring (bicyclic) bond motifs is 1. The van der Waals surface area contributed by atoms with Crippen LogP contribution in [-0.2, 0) is 0 Å². The number of rotatable bonds is 3. The first-order chi connectivity index (χ1) is 10.2. The number of benzene rings is 2. The van der Waals surface area contributed by atoms with Crippen molar-refractivity contribution in [2.45, 2.75) is 12.8 Å². The first kappa shape index (κ1) is 13.0. The van der Waals surface area contributed by atoms with Gasteiger partial charge in [0.2, 0.25) is 0 Å². The largest absolute Gasteiger partial charge is 0.300 e. The maximum Gasteiger partial charge on any atom is 0.131 e. The van der Waals surface area contributed by atoms with Gasteiger partial charge in [0.1, 0.15) is 5.82 Å². The summed E-state index contributed by atoms with van der Waals surface area (Å²) < 4.78 is 18.5. The summed E-state index contributed by atoms with van der Waals surface area (Å²) in [5.41, 5.74) is 4.02. The highest BCUT2D eigenvalue weighted by Crippen LogP contribution is 2.47. The van der Waals surface area contributed by atoms with Crippen LogP contribution in [0.1, 0.15) is 12.8 Å². The van der Waals surface area contributed by atoms with Gasteiger partial charge in [0.25, 0.3) is 0 Å². The quantitative estimate of drug-likeness (QED) is 0.757. The van der Waals surface area contributed by atoms with Gasteiger partial charge in [0.05, 0.1) is 23.5 Å². The molecule has 2 nitrogen and oxygen atoms in total. The Labute approximate surface area is 128 Å². The van der Waals surface area contributed by atoms with Crippen LogP contribution in [0.4, 0.5) is 15.8 Å². The van der Waals surface area contributed by atoms with E-state index in [-0.39, 0.29) is 5.82 Å². The fourth-order valence-electron chi connectivity index (χ4n) is 2.75. The van der Waals surface area contributed by atoms with Crippen LogP contribution in [0.5, 0.6) is 0 Å². The SMILES string of the molecule is CN1SN(CC2CC2)c2ccc(-c3ccccc3F)cc21. The third-order valence-electron chi connectivity index (χ3n) is 4.11. The average molecular weight is 300 g/mol. The Morgan fingerprint density at radius 2 is 1.95 bits per heavy atom. The number of anilines is 2. The Kier molecular flexibility index (Phi) is 3.07. The molecule has 0 atom stereocenters. The summed E-state index contributed by atoms with van der Waals surface area (Å²) in [5.74, 6) is 0.684. The van der Waals surface area contributed by atoms with Crippen LogP contribution in [0, 0.1) is 11.7 Å². The van der Waals surface area contributed by atoms with Crippen molar-refractivity contribution in [2.24, 2.45) is 5.92 Å². The molecule has 0 spiro atoms. The lowest BCUT2D eigenvalue weighted by Gasteiger charge is -2.16. The van der Waals surface area contributed by atoms with Gasteiger partial charge >= 0.3 is 0 Å². The van der Waals surface area contributed by atoms with E-state index >= 15 is 0 Å². The number of hydrogen-bond donors (Lipinski definition) is 0. The average Bonchev–Trinajstić information content (AvgIpc) is 3.25.